The molecule has 2 aromatic rings. The van der Waals surface area contributed by atoms with Gasteiger partial charge >= 0.3 is 5.97 Å². The highest BCUT2D eigenvalue weighted by molar-refractivity contribution is 7.14. The van der Waals surface area contributed by atoms with Crippen LogP contribution in [0.3, 0.4) is 0 Å². The van der Waals surface area contributed by atoms with Crippen LogP contribution in [-0.4, -0.2) is 36.4 Å². The van der Waals surface area contributed by atoms with Gasteiger partial charge in [-0.15, -0.1) is 11.3 Å². The minimum absolute atomic E-state index is 0.0257. The Labute approximate surface area is 155 Å². The maximum atomic E-state index is 11.9. The molecule has 3 rings (SSSR count). The normalized spacial score (nSPS) is 12.6. The lowest BCUT2D eigenvalue weighted by atomic mass is 10.1. The van der Waals surface area contributed by atoms with Gasteiger partial charge in [-0.2, -0.15) is 0 Å². The Morgan fingerprint density at radius 2 is 2.12 bits per heavy atom. The van der Waals surface area contributed by atoms with E-state index in [-0.39, 0.29) is 24.7 Å². The standard InChI is InChI=1S/C18H19N3O4S/c1-11(22)21-8-7-12-3-4-13(9-15(12)21)14-10-26-18(19-14)20-16(23)5-6-17(24)25-2/h3-4,9-10H,5-8H2,1-2H3,(H,19,20,23). The second-order valence-corrected chi connectivity index (χ2v) is 6.78. The summed E-state index contributed by atoms with van der Waals surface area (Å²) < 4.78 is 4.51. The summed E-state index contributed by atoms with van der Waals surface area (Å²) in [7, 11) is 1.29. The molecule has 0 unspecified atom stereocenters. The molecule has 7 nitrogen and oxygen atoms in total. The van der Waals surface area contributed by atoms with Crippen molar-refractivity contribution in [3.8, 4) is 11.3 Å². The number of nitrogens with one attached hydrogen (secondary N) is 1. The first kappa shape index (κ1) is 18.1. The Hall–Kier alpha value is -2.74. The average Bonchev–Trinajstić information content (AvgIpc) is 3.25. The molecule has 0 saturated heterocycles. The molecule has 2 heterocycles. The van der Waals surface area contributed by atoms with Crippen molar-refractivity contribution in [2.45, 2.75) is 26.2 Å². The number of carbonyl (C=O) groups is 3. The summed E-state index contributed by atoms with van der Waals surface area (Å²) >= 11 is 1.31. The van der Waals surface area contributed by atoms with Crippen molar-refractivity contribution in [3.05, 3.63) is 29.1 Å². The Kier molecular flexibility index (Phi) is 5.32. The quantitative estimate of drug-likeness (QED) is 0.814. The molecule has 2 amide bonds. The van der Waals surface area contributed by atoms with E-state index in [0.29, 0.717) is 11.7 Å². The smallest absolute Gasteiger partial charge is 0.306 e. The van der Waals surface area contributed by atoms with E-state index in [1.807, 2.05) is 23.6 Å². The molecule has 26 heavy (non-hydrogen) atoms. The molecule has 0 spiro atoms. The predicted molar refractivity (Wildman–Crippen MR) is 99.2 cm³/mol. The van der Waals surface area contributed by atoms with E-state index in [1.165, 1.54) is 18.4 Å². The molecule has 1 aromatic heterocycles. The van der Waals surface area contributed by atoms with Gasteiger partial charge in [0, 0.05) is 36.5 Å². The lowest BCUT2D eigenvalue weighted by Gasteiger charge is -2.15. The van der Waals surface area contributed by atoms with Gasteiger partial charge < -0.3 is 15.0 Å². The van der Waals surface area contributed by atoms with Crippen LogP contribution in [0.15, 0.2) is 23.6 Å². The maximum Gasteiger partial charge on any atom is 0.306 e. The molecule has 0 bridgehead atoms. The van der Waals surface area contributed by atoms with E-state index in [9.17, 15) is 14.4 Å². The van der Waals surface area contributed by atoms with Gasteiger partial charge in [0.25, 0.3) is 0 Å². The summed E-state index contributed by atoms with van der Waals surface area (Å²) in [6.45, 7) is 2.26. The first-order chi connectivity index (χ1) is 12.5. The largest absolute Gasteiger partial charge is 0.469 e. The number of amides is 2. The second kappa shape index (κ2) is 7.65. The fraction of sp³-hybridized carbons (Fsp3) is 0.333. The van der Waals surface area contributed by atoms with Gasteiger partial charge in [-0.05, 0) is 18.1 Å². The number of carbonyl (C=O) groups excluding carboxylic acids is 3. The van der Waals surface area contributed by atoms with Crippen LogP contribution in [0.2, 0.25) is 0 Å². The Morgan fingerprint density at radius 1 is 1.31 bits per heavy atom. The minimum atomic E-state index is -0.423. The number of rotatable bonds is 5. The van der Waals surface area contributed by atoms with Crippen LogP contribution < -0.4 is 10.2 Å². The van der Waals surface area contributed by atoms with Crippen LogP contribution >= 0.6 is 11.3 Å². The van der Waals surface area contributed by atoms with Crippen molar-refractivity contribution in [1.29, 1.82) is 0 Å². The number of nitrogens with zero attached hydrogens (tertiary/aromatic N) is 2. The second-order valence-electron chi connectivity index (χ2n) is 5.93. The van der Waals surface area contributed by atoms with E-state index >= 15 is 0 Å². The first-order valence-corrected chi connectivity index (χ1v) is 9.09. The highest BCUT2D eigenvalue weighted by Gasteiger charge is 2.22. The van der Waals surface area contributed by atoms with E-state index < -0.39 is 5.97 Å². The number of fused-ring (bicyclic) bond motifs is 1. The summed E-state index contributed by atoms with van der Waals surface area (Å²) in [6, 6.07) is 5.95. The number of benzene rings is 1. The van der Waals surface area contributed by atoms with Crippen LogP contribution in [0, 0.1) is 0 Å². The van der Waals surface area contributed by atoms with Crippen molar-refractivity contribution in [2.24, 2.45) is 0 Å². The average molecular weight is 373 g/mol. The topological polar surface area (TPSA) is 88.6 Å². The summed E-state index contributed by atoms with van der Waals surface area (Å²) in [5, 5.41) is 5.01. The zero-order chi connectivity index (χ0) is 18.7. The van der Waals surface area contributed by atoms with Gasteiger partial charge in [0.1, 0.15) is 0 Å². The fourth-order valence-electron chi connectivity index (χ4n) is 2.83. The van der Waals surface area contributed by atoms with Crippen molar-refractivity contribution in [1.82, 2.24) is 4.98 Å². The maximum absolute atomic E-state index is 11.9. The lowest BCUT2D eigenvalue weighted by Crippen LogP contribution is -2.25. The van der Waals surface area contributed by atoms with Gasteiger partial charge in [-0.3, -0.25) is 14.4 Å². The number of ether oxygens (including phenoxy) is 1. The number of anilines is 2. The molecule has 8 heteroatoms. The number of esters is 1. The number of thiazole rings is 1. The number of hydrogen-bond donors (Lipinski definition) is 1. The summed E-state index contributed by atoms with van der Waals surface area (Å²) in [4.78, 5) is 40.9. The number of hydrogen-bond acceptors (Lipinski definition) is 6. The Bertz CT molecular complexity index is 862. The van der Waals surface area contributed by atoms with E-state index in [4.69, 9.17) is 0 Å². The van der Waals surface area contributed by atoms with Crippen LogP contribution in [-0.2, 0) is 25.5 Å². The molecule has 0 radical (unpaired) electrons. The molecular weight excluding hydrogens is 354 g/mol. The van der Waals surface area contributed by atoms with Crippen molar-refractivity contribution >= 4 is 39.9 Å². The summed E-state index contributed by atoms with van der Waals surface area (Å²) in [5.41, 5.74) is 3.70. The summed E-state index contributed by atoms with van der Waals surface area (Å²) in [5.74, 6) is -0.682. The van der Waals surface area contributed by atoms with Gasteiger partial charge in [0.2, 0.25) is 11.8 Å². The third-order valence-corrected chi connectivity index (χ3v) is 4.95. The molecule has 1 aromatic carbocycles. The molecule has 0 aliphatic carbocycles. The van der Waals surface area contributed by atoms with E-state index in [0.717, 1.165) is 28.9 Å². The number of aromatic nitrogens is 1. The monoisotopic (exact) mass is 373 g/mol. The highest BCUT2D eigenvalue weighted by atomic mass is 32.1. The molecular formula is C18H19N3O4S. The van der Waals surface area contributed by atoms with E-state index in [2.05, 4.69) is 15.0 Å². The van der Waals surface area contributed by atoms with Gasteiger partial charge in [-0.1, -0.05) is 12.1 Å². The van der Waals surface area contributed by atoms with Crippen molar-refractivity contribution < 1.29 is 19.1 Å². The SMILES string of the molecule is COC(=O)CCC(=O)Nc1nc(-c2ccc3c(c2)N(C(C)=O)CC3)cs1. The molecule has 0 fully saturated rings. The fourth-order valence-corrected chi connectivity index (χ4v) is 3.56. The van der Waals surface area contributed by atoms with Crippen LogP contribution in [0.4, 0.5) is 10.8 Å². The van der Waals surface area contributed by atoms with Crippen molar-refractivity contribution in [3.63, 3.8) is 0 Å². The zero-order valence-electron chi connectivity index (χ0n) is 14.6. The Morgan fingerprint density at radius 3 is 2.85 bits per heavy atom. The minimum Gasteiger partial charge on any atom is -0.469 e. The third-order valence-electron chi connectivity index (χ3n) is 4.19. The molecule has 0 saturated carbocycles. The lowest BCUT2D eigenvalue weighted by molar-refractivity contribution is -0.141. The first-order valence-electron chi connectivity index (χ1n) is 8.21. The van der Waals surface area contributed by atoms with Crippen LogP contribution in [0.5, 0.6) is 0 Å². The highest BCUT2D eigenvalue weighted by Crippen LogP contribution is 2.34. The van der Waals surface area contributed by atoms with Gasteiger partial charge in [0.15, 0.2) is 5.13 Å². The number of methoxy groups -OCH3 is 1. The molecule has 0 atom stereocenters. The third kappa shape index (κ3) is 3.91. The van der Waals surface area contributed by atoms with Crippen LogP contribution in [0.1, 0.15) is 25.3 Å². The van der Waals surface area contributed by atoms with Gasteiger partial charge in [-0.25, -0.2) is 4.98 Å². The van der Waals surface area contributed by atoms with Gasteiger partial charge in [0.05, 0.1) is 19.2 Å². The molecule has 1 N–H and O–H groups in total. The van der Waals surface area contributed by atoms with E-state index in [1.54, 1.807) is 11.8 Å². The van der Waals surface area contributed by atoms with Crippen LogP contribution in [0.25, 0.3) is 11.3 Å². The Balaban J connectivity index is 1.70. The molecule has 136 valence electrons. The molecule has 1 aliphatic heterocycles. The molecule has 1 aliphatic rings. The zero-order valence-corrected chi connectivity index (χ0v) is 15.4. The summed E-state index contributed by atoms with van der Waals surface area (Å²) in [6.07, 6.45) is 0.939. The van der Waals surface area contributed by atoms with Crippen molar-refractivity contribution in [2.75, 3.05) is 23.9 Å². The predicted octanol–water partition coefficient (Wildman–Crippen LogP) is 2.61.